The zero-order valence-corrected chi connectivity index (χ0v) is 17.6. The number of hydrogen-bond acceptors (Lipinski definition) is 2. The Morgan fingerprint density at radius 1 is 0.667 bits per heavy atom. The first-order valence-corrected chi connectivity index (χ1v) is 10.1. The monoisotopic (exact) mass is 332 g/mol. The highest BCUT2D eigenvalue weighted by atomic mass is 14.9. The number of aryl methyl sites for hydroxylation is 2. The molecule has 0 atom stereocenters. The number of aromatic nitrogens is 2. The molecule has 0 aromatic carbocycles. The van der Waals surface area contributed by atoms with Crippen LogP contribution < -0.4 is 0 Å². The van der Waals surface area contributed by atoms with E-state index in [0.717, 1.165) is 31.5 Å². The Hall–Kier alpha value is -0.920. The van der Waals surface area contributed by atoms with E-state index in [1.807, 2.05) is 0 Å². The van der Waals surface area contributed by atoms with Crippen LogP contribution in [-0.4, -0.2) is 9.97 Å². The van der Waals surface area contributed by atoms with Gasteiger partial charge >= 0.3 is 0 Å². The van der Waals surface area contributed by atoms with Gasteiger partial charge < -0.3 is 0 Å². The molecule has 0 fully saturated rings. The van der Waals surface area contributed by atoms with E-state index in [1.165, 1.54) is 42.6 Å². The molecule has 0 spiro atoms. The largest absolute Gasteiger partial charge is 0.237 e. The third-order valence-corrected chi connectivity index (χ3v) is 5.64. The molecule has 0 unspecified atom stereocenters. The molecule has 1 heterocycles. The average molecular weight is 333 g/mol. The molecule has 0 saturated heterocycles. The highest BCUT2D eigenvalue weighted by Gasteiger charge is 2.30. The van der Waals surface area contributed by atoms with Crippen LogP contribution in [0, 0.1) is 0 Å². The van der Waals surface area contributed by atoms with Gasteiger partial charge in [-0.2, -0.15) is 0 Å². The zero-order valence-electron chi connectivity index (χ0n) is 17.6. The number of nitrogens with zero attached hydrogens (tertiary/aromatic N) is 2. The number of rotatable bonds is 10. The molecule has 2 nitrogen and oxygen atoms in total. The lowest BCUT2D eigenvalue weighted by molar-refractivity contribution is 0.448. The summed E-state index contributed by atoms with van der Waals surface area (Å²) in [6.45, 7) is 18.3. The third-order valence-electron chi connectivity index (χ3n) is 5.64. The number of unbranched alkanes of at least 4 members (excludes halogenated alkanes) is 2. The Bertz CT molecular complexity index is 486. The minimum absolute atomic E-state index is 0.0524. The maximum absolute atomic E-state index is 5.12. The van der Waals surface area contributed by atoms with Crippen LogP contribution in [0.25, 0.3) is 0 Å². The van der Waals surface area contributed by atoms with Gasteiger partial charge in [0.2, 0.25) is 0 Å². The predicted octanol–water partition coefficient (Wildman–Crippen LogP) is 6.54. The Kier molecular flexibility index (Phi) is 7.89. The lowest BCUT2D eigenvalue weighted by Crippen LogP contribution is -2.28. The van der Waals surface area contributed by atoms with Gasteiger partial charge in [0, 0.05) is 22.4 Å². The van der Waals surface area contributed by atoms with E-state index in [2.05, 4.69) is 55.4 Å². The molecule has 0 amide bonds. The SMILES string of the molecule is CCCCc1nc(C(C)(C)CC)nc(CCCC)c1C(C)(C)CC. The van der Waals surface area contributed by atoms with Gasteiger partial charge in [-0.25, -0.2) is 9.97 Å². The van der Waals surface area contributed by atoms with Crippen molar-refractivity contribution < 1.29 is 0 Å². The Labute approximate surface area is 150 Å². The summed E-state index contributed by atoms with van der Waals surface area (Å²) in [7, 11) is 0. The van der Waals surface area contributed by atoms with Crippen LogP contribution in [0.4, 0.5) is 0 Å². The van der Waals surface area contributed by atoms with E-state index in [0.29, 0.717) is 0 Å². The molecule has 24 heavy (non-hydrogen) atoms. The standard InChI is InChI=1S/C22H40N2/c1-9-13-15-17-19(21(5,6)11-3)18(16-14-10-2)24-20(23-17)22(7,8)12-4/h9-16H2,1-8H3. The van der Waals surface area contributed by atoms with Crippen LogP contribution in [0.1, 0.15) is 117 Å². The van der Waals surface area contributed by atoms with Crippen LogP contribution in [-0.2, 0) is 23.7 Å². The van der Waals surface area contributed by atoms with Crippen molar-refractivity contribution in [2.45, 2.75) is 118 Å². The quantitative estimate of drug-likeness (QED) is 0.486. The van der Waals surface area contributed by atoms with Crippen molar-refractivity contribution in [1.29, 1.82) is 0 Å². The first-order chi connectivity index (χ1) is 11.2. The lowest BCUT2D eigenvalue weighted by atomic mass is 9.78. The highest BCUT2D eigenvalue weighted by Crippen LogP contribution is 2.35. The minimum atomic E-state index is 0.0524. The van der Waals surface area contributed by atoms with Gasteiger partial charge in [-0.15, -0.1) is 0 Å². The van der Waals surface area contributed by atoms with Gasteiger partial charge in [-0.1, -0.05) is 68.2 Å². The second-order valence-corrected chi connectivity index (χ2v) is 8.50. The smallest absolute Gasteiger partial charge is 0.134 e. The van der Waals surface area contributed by atoms with Gasteiger partial charge in [0.25, 0.3) is 0 Å². The summed E-state index contributed by atoms with van der Waals surface area (Å²) in [6.07, 6.45) is 9.23. The molecule has 0 bridgehead atoms. The van der Waals surface area contributed by atoms with Crippen LogP contribution in [0.3, 0.4) is 0 Å². The van der Waals surface area contributed by atoms with Crippen molar-refractivity contribution in [3.63, 3.8) is 0 Å². The van der Waals surface area contributed by atoms with Gasteiger partial charge in [0.05, 0.1) is 0 Å². The maximum Gasteiger partial charge on any atom is 0.134 e. The molecule has 1 aromatic rings. The maximum atomic E-state index is 5.12. The van der Waals surface area contributed by atoms with Crippen LogP contribution in [0.15, 0.2) is 0 Å². The summed E-state index contributed by atoms with van der Waals surface area (Å²) in [5.41, 5.74) is 4.29. The minimum Gasteiger partial charge on any atom is -0.237 e. The van der Waals surface area contributed by atoms with Crippen molar-refractivity contribution in [2.75, 3.05) is 0 Å². The van der Waals surface area contributed by atoms with E-state index >= 15 is 0 Å². The van der Waals surface area contributed by atoms with Crippen molar-refractivity contribution in [3.05, 3.63) is 22.8 Å². The van der Waals surface area contributed by atoms with Crippen molar-refractivity contribution in [3.8, 4) is 0 Å². The molecule has 0 aliphatic carbocycles. The molecule has 0 N–H and O–H groups in total. The van der Waals surface area contributed by atoms with Gasteiger partial charge in [0.1, 0.15) is 5.82 Å². The molecular weight excluding hydrogens is 292 g/mol. The molecule has 1 rings (SSSR count). The Morgan fingerprint density at radius 3 is 1.42 bits per heavy atom. The van der Waals surface area contributed by atoms with Crippen LogP contribution in [0.2, 0.25) is 0 Å². The molecule has 2 heteroatoms. The fourth-order valence-electron chi connectivity index (χ4n) is 3.03. The topological polar surface area (TPSA) is 25.8 Å². The molecule has 1 aromatic heterocycles. The van der Waals surface area contributed by atoms with Crippen molar-refractivity contribution >= 4 is 0 Å². The van der Waals surface area contributed by atoms with E-state index in [1.54, 1.807) is 0 Å². The average Bonchev–Trinajstić information content (AvgIpc) is 2.57. The second kappa shape index (κ2) is 8.97. The molecular formula is C22H40N2. The normalized spacial score (nSPS) is 12.7. The molecule has 0 aliphatic heterocycles. The number of hydrogen-bond donors (Lipinski definition) is 0. The molecule has 138 valence electrons. The fourth-order valence-corrected chi connectivity index (χ4v) is 3.03. The summed E-state index contributed by atoms with van der Waals surface area (Å²) in [5.74, 6) is 1.05. The lowest BCUT2D eigenvalue weighted by Gasteiger charge is -2.31. The van der Waals surface area contributed by atoms with Crippen LogP contribution in [0.5, 0.6) is 0 Å². The van der Waals surface area contributed by atoms with E-state index in [4.69, 9.17) is 9.97 Å². The molecule has 0 saturated carbocycles. The summed E-state index contributed by atoms with van der Waals surface area (Å²) in [4.78, 5) is 10.2. The van der Waals surface area contributed by atoms with Crippen molar-refractivity contribution in [1.82, 2.24) is 9.97 Å². The summed E-state index contributed by atoms with van der Waals surface area (Å²) >= 11 is 0. The van der Waals surface area contributed by atoms with Crippen molar-refractivity contribution in [2.24, 2.45) is 0 Å². The molecule has 0 radical (unpaired) electrons. The van der Waals surface area contributed by atoms with Gasteiger partial charge in [0.15, 0.2) is 0 Å². The summed E-state index contributed by atoms with van der Waals surface area (Å²) < 4.78 is 0. The first-order valence-electron chi connectivity index (χ1n) is 10.1. The van der Waals surface area contributed by atoms with Gasteiger partial charge in [-0.05, 0) is 43.9 Å². The van der Waals surface area contributed by atoms with Crippen LogP contribution >= 0.6 is 0 Å². The first kappa shape index (κ1) is 21.1. The van der Waals surface area contributed by atoms with E-state index in [9.17, 15) is 0 Å². The van der Waals surface area contributed by atoms with E-state index < -0.39 is 0 Å². The Balaban J connectivity index is 3.55. The highest BCUT2D eigenvalue weighted by molar-refractivity contribution is 5.35. The third kappa shape index (κ3) is 5.04. The Morgan fingerprint density at radius 2 is 1.08 bits per heavy atom. The second-order valence-electron chi connectivity index (χ2n) is 8.50. The zero-order chi connectivity index (χ0) is 18.4. The fraction of sp³-hybridized carbons (Fsp3) is 0.818. The predicted molar refractivity (Wildman–Crippen MR) is 106 cm³/mol. The van der Waals surface area contributed by atoms with E-state index in [-0.39, 0.29) is 10.8 Å². The van der Waals surface area contributed by atoms with Gasteiger partial charge in [-0.3, -0.25) is 0 Å². The molecule has 0 aliphatic rings. The summed E-state index contributed by atoms with van der Waals surface area (Å²) in [5, 5.41) is 0. The summed E-state index contributed by atoms with van der Waals surface area (Å²) in [6, 6.07) is 0.